The van der Waals surface area contributed by atoms with Crippen LogP contribution in [0.3, 0.4) is 0 Å². The number of piperidine rings is 1. The van der Waals surface area contributed by atoms with Gasteiger partial charge < -0.3 is 5.73 Å². The summed E-state index contributed by atoms with van der Waals surface area (Å²) in [6.07, 6.45) is 6.27. The van der Waals surface area contributed by atoms with E-state index in [9.17, 15) is 4.39 Å². The third kappa shape index (κ3) is 4.42. The highest BCUT2D eigenvalue weighted by atomic mass is 35.5. The molecule has 2 nitrogen and oxygen atoms in total. The summed E-state index contributed by atoms with van der Waals surface area (Å²) in [5.74, 6) is -0.209. The number of nitrogens with two attached hydrogens (primary N) is 1. The van der Waals surface area contributed by atoms with Gasteiger partial charge in [0.25, 0.3) is 0 Å². The van der Waals surface area contributed by atoms with E-state index in [4.69, 9.17) is 17.3 Å². The van der Waals surface area contributed by atoms with E-state index in [2.05, 4.69) is 24.0 Å². The van der Waals surface area contributed by atoms with Crippen molar-refractivity contribution in [1.82, 2.24) is 4.90 Å². The molecule has 1 aliphatic rings. The number of benzene rings is 2. The summed E-state index contributed by atoms with van der Waals surface area (Å²) in [4.78, 5) is 2.42. The SMILES string of the molecule is CC1(c2cc(F)ccc2N)CCN(C/C=C/c2ccc(Cl)cc2)CC1. The molecule has 0 radical (unpaired) electrons. The molecule has 1 saturated heterocycles. The number of halogens is 2. The van der Waals surface area contributed by atoms with Crippen LogP contribution in [0, 0.1) is 5.82 Å². The van der Waals surface area contributed by atoms with E-state index >= 15 is 0 Å². The van der Waals surface area contributed by atoms with Crippen LogP contribution in [0.2, 0.25) is 5.02 Å². The molecular formula is C21H24ClFN2. The molecule has 3 rings (SSSR count). The zero-order valence-electron chi connectivity index (χ0n) is 14.5. The van der Waals surface area contributed by atoms with Crippen molar-refractivity contribution < 1.29 is 4.39 Å². The molecule has 2 aromatic carbocycles. The van der Waals surface area contributed by atoms with Crippen LogP contribution in [0.15, 0.2) is 48.5 Å². The molecule has 0 aliphatic carbocycles. The lowest BCUT2D eigenvalue weighted by atomic mass is 9.74. The number of nitrogens with zero attached hydrogens (tertiary/aromatic N) is 1. The number of hydrogen-bond donors (Lipinski definition) is 1. The fourth-order valence-corrected chi connectivity index (χ4v) is 3.59. The Labute approximate surface area is 154 Å². The quantitative estimate of drug-likeness (QED) is 0.768. The number of anilines is 1. The minimum atomic E-state index is -0.209. The second kappa shape index (κ2) is 7.59. The van der Waals surface area contributed by atoms with Crippen molar-refractivity contribution >= 4 is 23.4 Å². The monoisotopic (exact) mass is 358 g/mol. The number of nitrogen functional groups attached to an aromatic ring is 1. The number of likely N-dealkylation sites (tertiary alicyclic amines) is 1. The molecule has 25 heavy (non-hydrogen) atoms. The molecule has 0 spiro atoms. The average molecular weight is 359 g/mol. The van der Waals surface area contributed by atoms with E-state index in [-0.39, 0.29) is 11.2 Å². The van der Waals surface area contributed by atoms with Crippen LogP contribution in [-0.4, -0.2) is 24.5 Å². The zero-order valence-corrected chi connectivity index (χ0v) is 15.3. The Kier molecular flexibility index (Phi) is 5.45. The van der Waals surface area contributed by atoms with E-state index in [1.165, 1.54) is 6.07 Å². The van der Waals surface area contributed by atoms with E-state index in [1.54, 1.807) is 12.1 Å². The van der Waals surface area contributed by atoms with Gasteiger partial charge in [-0.2, -0.15) is 0 Å². The predicted octanol–water partition coefficient (Wildman–Crippen LogP) is 5.13. The summed E-state index contributed by atoms with van der Waals surface area (Å²) in [7, 11) is 0. The van der Waals surface area contributed by atoms with Gasteiger partial charge in [-0.05, 0) is 72.8 Å². The van der Waals surface area contributed by atoms with Crippen molar-refractivity contribution in [2.45, 2.75) is 25.2 Å². The Balaban J connectivity index is 1.58. The molecule has 0 aromatic heterocycles. The van der Waals surface area contributed by atoms with Crippen molar-refractivity contribution in [3.63, 3.8) is 0 Å². The van der Waals surface area contributed by atoms with Gasteiger partial charge in [-0.1, -0.05) is 42.8 Å². The molecule has 0 amide bonds. The first-order valence-corrected chi connectivity index (χ1v) is 9.04. The van der Waals surface area contributed by atoms with E-state index in [0.29, 0.717) is 5.69 Å². The first kappa shape index (κ1) is 18.0. The van der Waals surface area contributed by atoms with Gasteiger partial charge in [-0.3, -0.25) is 4.90 Å². The second-order valence-electron chi connectivity index (χ2n) is 7.05. The largest absolute Gasteiger partial charge is 0.398 e. The number of hydrogen-bond acceptors (Lipinski definition) is 2. The van der Waals surface area contributed by atoms with Gasteiger partial charge in [0.05, 0.1) is 0 Å². The molecule has 2 aromatic rings. The van der Waals surface area contributed by atoms with Crippen LogP contribution in [0.5, 0.6) is 0 Å². The smallest absolute Gasteiger partial charge is 0.123 e. The first-order chi connectivity index (χ1) is 12.0. The van der Waals surface area contributed by atoms with Gasteiger partial charge in [-0.15, -0.1) is 0 Å². The van der Waals surface area contributed by atoms with Crippen molar-refractivity contribution in [2.24, 2.45) is 0 Å². The van der Waals surface area contributed by atoms with Crippen molar-refractivity contribution in [1.29, 1.82) is 0 Å². The second-order valence-corrected chi connectivity index (χ2v) is 7.48. The summed E-state index contributed by atoms with van der Waals surface area (Å²) in [5, 5.41) is 0.754. The van der Waals surface area contributed by atoms with Crippen LogP contribution in [-0.2, 0) is 5.41 Å². The highest BCUT2D eigenvalue weighted by Gasteiger charge is 2.33. The lowest BCUT2D eigenvalue weighted by Gasteiger charge is -2.40. The molecule has 0 atom stereocenters. The minimum Gasteiger partial charge on any atom is -0.398 e. The van der Waals surface area contributed by atoms with Crippen molar-refractivity contribution in [2.75, 3.05) is 25.4 Å². The Morgan fingerprint density at radius 2 is 1.84 bits per heavy atom. The first-order valence-electron chi connectivity index (χ1n) is 8.66. The summed E-state index contributed by atoms with van der Waals surface area (Å²) in [6.45, 7) is 5.07. The molecule has 1 heterocycles. The molecule has 4 heteroatoms. The molecule has 0 saturated carbocycles. The molecule has 0 unspecified atom stereocenters. The maximum absolute atomic E-state index is 13.6. The zero-order chi connectivity index (χ0) is 17.9. The van der Waals surface area contributed by atoms with Gasteiger partial charge in [0.1, 0.15) is 5.82 Å². The van der Waals surface area contributed by atoms with E-state index in [1.807, 2.05) is 24.3 Å². The average Bonchev–Trinajstić information content (AvgIpc) is 2.60. The van der Waals surface area contributed by atoms with Gasteiger partial charge >= 0.3 is 0 Å². The fraction of sp³-hybridized carbons (Fsp3) is 0.333. The molecular weight excluding hydrogens is 335 g/mol. The maximum Gasteiger partial charge on any atom is 0.123 e. The van der Waals surface area contributed by atoms with Crippen molar-refractivity contribution in [3.8, 4) is 0 Å². The highest BCUT2D eigenvalue weighted by Crippen LogP contribution is 2.38. The van der Waals surface area contributed by atoms with Gasteiger partial charge in [0, 0.05) is 17.3 Å². The Morgan fingerprint density at radius 3 is 2.52 bits per heavy atom. The standard InChI is InChI=1S/C21H24ClFN2/c1-21(19-15-18(23)8-9-20(19)24)10-13-25(14-11-21)12-2-3-16-4-6-17(22)7-5-16/h2-9,15H,10-14,24H2,1H3/b3-2+. The predicted molar refractivity (Wildman–Crippen MR) is 104 cm³/mol. The summed E-state index contributed by atoms with van der Waals surface area (Å²) in [5.41, 5.74) is 8.84. The molecule has 0 bridgehead atoms. The Morgan fingerprint density at radius 1 is 1.16 bits per heavy atom. The van der Waals surface area contributed by atoms with Crippen LogP contribution >= 0.6 is 11.6 Å². The Bertz CT molecular complexity index is 747. The molecule has 132 valence electrons. The maximum atomic E-state index is 13.6. The molecule has 1 aliphatic heterocycles. The van der Waals surface area contributed by atoms with E-state index in [0.717, 1.165) is 48.6 Å². The summed E-state index contributed by atoms with van der Waals surface area (Å²) in [6, 6.07) is 12.5. The van der Waals surface area contributed by atoms with Gasteiger partial charge in [0.15, 0.2) is 0 Å². The fourth-order valence-electron chi connectivity index (χ4n) is 3.46. The normalized spacial score (nSPS) is 17.9. The lowest BCUT2D eigenvalue weighted by Crippen LogP contribution is -2.41. The van der Waals surface area contributed by atoms with Crippen LogP contribution < -0.4 is 5.73 Å². The van der Waals surface area contributed by atoms with Crippen LogP contribution in [0.25, 0.3) is 6.08 Å². The summed E-state index contributed by atoms with van der Waals surface area (Å²) >= 11 is 5.90. The van der Waals surface area contributed by atoms with E-state index < -0.39 is 0 Å². The third-order valence-corrected chi connectivity index (χ3v) is 5.42. The molecule has 1 fully saturated rings. The van der Waals surface area contributed by atoms with Crippen LogP contribution in [0.4, 0.5) is 10.1 Å². The number of rotatable bonds is 4. The topological polar surface area (TPSA) is 29.3 Å². The highest BCUT2D eigenvalue weighted by molar-refractivity contribution is 6.30. The van der Waals surface area contributed by atoms with Gasteiger partial charge in [-0.25, -0.2) is 4.39 Å². The summed E-state index contributed by atoms with van der Waals surface area (Å²) < 4.78 is 13.6. The van der Waals surface area contributed by atoms with Gasteiger partial charge in [0.2, 0.25) is 0 Å². The third-order valence-electron chi connectivity index (χ3n) is 5.17. The van der Waals surface area contributed by atoms with Crippen molar-refractivity contribution in [3.05, 3.63) is 70.5 Å². The lowest BCUT2D eigenvalue weighted by molar-refractivity contribution is 0.183. The Hall–Kier alpha value is -1.84. The minimum absolute atomic E-state index is 0.0530. The van der Waals surface area contributed by atoms with Crippen LogP contribution in [0.1, 0.15) is 30.9 Å². The molecule has 2 N–H and O–H groups in total.